The monoisotopic (exact) mass is 479 g/mol. The number of amides is 1. The fourth-order valence-corrected chi connectivity index (χ4v) is 4.83. The molecule has 0 unspecified atom stereocenters. The number of hydrogen-bond donors (Lipinski definition) is 1. The molecule has 9 heteroatoms. The average Bonchev–Trinajstić information content (AvgIpc) is 3.47. The summed E-state index contributed by atoms with van der Waals surface area (Å²) in [5.41, 5.74) is 4.94. The number of carbonyl (C=O) groups is 1. The van der Waals surface area contributed by atoms with Gasteiger partial charge in [0, 0.05) is 74.0 Å². The zero-order chi connectivity index (χ0) is 24.9. The number of benzene rings is 2. The lowest BCUT2D eigenvalue weighted by atomic mass is 9.92. The van der Waals surface area contributed by atoms with E-state index in [0.717, 1.165) is 40.7 Å². The summed E-state index contributed by atoms with van der Waals surface area (Å²) >= 11 is 0. The molecule has 3 heterocycles. The number of H-pyrrole nitrogens is 1. The Hall–Kier alpha value is -3.88. The van der Waals surface area contributed by atoms with Crippen LogP contribution in [0.5, 0.6) is 5.75 Å². The number of hydrogen-bond acceptors (Lipinski definition) is 4. The van der Waals surface area contributed by atoms with Crippen LogP contribution in [0.4, 0.5) is 20.2 Å². The van der Waals surface area contributed by atoms with E-state index in [9.17, 15) is 13.6 Å². The molecule has 0 atom stereocenters. The van der Waals surface area contributed by atoms with Crippen LogP contribution in [-0.4, -0.2) is 53.3 Å². The second-order valence-corrected chi connectivity index (χ2v) is 9.00. The first-order valence-electron chi connectivity index (χ1n) is 11.4. The summed E-state index contributed by atoms with van der Waals surface area (Å²) in [6.07, 6.45) is 4.06. The third-order valence-corrected chi connectivity index (χ3v) is 6.53. The van der Waals surface area contributed by atoms with Crippen LogP contribution in [0, 0.1) is 0 Å². The Morgan fingerprint density at radius 3 is 2.69 bits per heavy atom. The number of aromatic nitrogens is 3. The van der Waals surface area contributed by atoms with Crippen molar-refractivity contribution in [2.75, 3.05) is 32.6 Å². The van der Waals surface area contributed by atoms with Crippen LogP contribution in [-0.2, 0) is 13.5 Å². The molecule has 35 heavy (non-hydrogen) atoms. The first-order chi connectivity index (χ1) is 16.8. The van der Waals surface area contributed by atoms with Crippen molar-refractivity contribution >= 4 is 28.2 Å². The maximum absolute atomic E-state index is 14.2. The van der Waals surface area contributed by atoms with Gasteiger partial charge < -0.3 is 19.5 Å². The Balaban J connectivity index is 1.67. The molecule has 1 amide bonds. The van der Waals surface area contributed by atoms with Crippen LogP contribution in [0.2, 0.25) is 0 Å². The number of halogens is 2. The van der Waals surface area contributed by atoms with E-state index in [1.54, 1.807) is 57.6 Å². The predicted octanol–water partition coefficient (Wildman–Crippen LogP) is 5.30. The normalized spacial score (nSPS) is 13.4. The topological polar surface area (TPSA) is 66.4 Å². The predicted molar refractivity (Wildman–Crippen MR) is 132 cm³/mol. The van der Waals surface area contributed by atoms with Crippen molar-refractivity contribution in [1.82, 2.24) is 19.7 Å². The number of aryl methyl sites for hydroxylation is 2. The van der Waals surface area contributed by atoms with Gasteiger partial charge in [-0.15, -0.1) is 0 Å². The number of alkyl halides is 2. The molecule has 1 aliphatic heterocycles. The van der Waals surface area contributed by atoms with E-state index < -0.39 is 6.43 Å². The molecule has 0 radical (unpaired) electrons. The number of carbonyl (C=O) groups excluding carboxylic acids is 1. The average molecular weight is 480 g/mol. The van der Waals surface area contributed by atoms with Gasteiger partial charge in [-0.3, -0.25) is 9.48 Å². The first-order valence-corrected chi connectivity index (χ1v) is 11.4. The lowest BCUT2D eigenvalue weighted by Gasteiger charge is -2.33. The standard InChI is InChI=1S/C26H27F2N5O2/c1-31(2)26(34)21-13-29-24-19(21)9-17(10-23(24)35-4)33-7-5-6-15-8-18(16-12-30-32(3)14-16)20(25(27)28)11-22(15)33/h8-14,25,29H,5-7H2,1-4H3. The van der Waals surface area contributed by atoms with E-state index in [2.05, 4.69) is 10.1 Å². The Morgan fingerprint density at radius 1 is 1.23 bits per heavy atom. The maximum atomic E-state index is 14.2. The Bertz CT molecular complexity index is 1420. The number of methoxy groups -OCH3 is 1. The van der Waals surface area contributed by atoms with E-state index >= 15 is 0 Å². The fourth-order valence-electron chi connectivity index (χ4n) is 4.83. The van der Waals surface area contributed by atoms with Crippen molar-refractivity contribution in [1.29, 1.82) is 0 Å². The molecule has 0 spiro atoms. The van der Waals surface area contributed by atoms with Gasteiger partial charge in [0.2, 0.25) is 0 Å². The summed E-state index contributed by atoms with van der Waals surface area (Å²) in [5.74, 6) is 0.457. The number of ether oxygens (including phenoxy) is 1. The second-order valence-electron chi connectivity index (χ2n) is 9.00. The minimum absolute atomic E-state index is 0.0261. The number of anilines is 2. The molecule has 0 bridgehead atoms. The number of rotatable bonds is 5. The van der Waals surface area contributed by atoms with Gasteiger partial charge in [0.1, 0.15) is 5.75 Å². The van der Waals surface area contributed by atoms with Crippen LogP contribution in [0.3, 0.4) is 0 Å². The SMILES string of the molecule is COc1cc(N2CCCc3cc(-c4cnn(C)c4)c(C(F)F)cc32)cc2c(C(=O)N(C)C)c[nH]c12. The molecule has 1 aliphatic rings. The number of aromatic amines is 1. The van der Waals surface area contributed by atoms with E-state index in [-0.39, 0.29) is 11.5 Å². The highest BCUT2D eigenvalue weighted by Gasteiger charge is 2.26. The molecule has 0 fully saturated rings. The highest BCUT2D eigenvalue weighted by molar-refractivity contribution is 6.09. The minimum atomic E-state index is -2.63. The highest BCUT2D eigenvalue weighted by Crippen LogP contribution is 2.43. The highest BCUT2D eigenvalue weighted by atomic mass is 19.3. The molecular formula is C26H27F2N5O2. The summed E-state index contributed by atoms with van der Waals surface area (Å²) in [5, 5.41) is 4.89. The zero-order valence-electron chi connectivity index (χ0n) is 20.1. The van der Waals surface area contributed by atoms with Gasteiger partial charge in [0.15, 0.2) is 0 Å². The smallest absolute Gasteiger partial charge is 0.264 e. The van der Waals surface area contributed by atoms with Gasteiger partial charge in [-0.1, -0.05) is 0 Å². The summed E-state index contributed by atoms with van der Waals surface area (Å²) in [7, 11) is 6.75. The second kappa shape index (κ2) is 8.72. The van der Waals surface area contributed by atoms with E-state index in [1.165, 1.54) is 4.90 Å². The summed E-state index contributed by atoms with van der Waals surface area (Å²) < 4.78 is 35.7. The van der Waals surface area contributed by atoms with Crippen LogP contribution in [0.1, 0.15) is 34.3 Å². The molecule has 182 valence electrons. The molecular weight excluding hydrogens is 452 g/mol. The Morgan fingerprint density at radius 2 is 2.03 bits per heavy atom. The van der Waals surface area contributed by atoms with E-state index in [0.29, 0.717) is 29.0 Å². The van der Waals surface area contributed by atoms with Gasteiger partial charge in [0.25, 0.3) is 12.3 Å². The van der Waals surface area contributed by atoms with Crippen LogP contribution < -0.4 is 9.64 Å². The third-order valence-electron chi connectivity index (χ3n) is 6.53. The molecule has 7 nitrogen and oxygen atoms in total. The van der Waals surface area contributed by atoms with E-state index in [1.807, 2.05) is 23.1 Å². The largest absolute Gasteiger partial charge is 0.494 e. The van der Waals surface area contributed by atoms with Crippen molar-refractivity contribution in [3.63, 3.8) is 0 Å². The van der Waals surface area contributed by atoms with Crippen molar-refractivity contribution in [3.05, 3.63) is 59.5 Å². The first kappa shape index (κ1) is 22.9. The van der Waals surface area contributed by atoms with Crippen molar-refractivity contribution in [2.24, 2.45) is 7.05 Å². The van der Waals surface area contributed by atoms with Gasteiger partial charge in [-0.25, -0.2) is 8.78 Å². The van der Waals surface area contributed by atoms with Gasteiger partial charge >= 0.3 is 0 Å². The van der Waals surface area contributed by atoms with Crippen molar-refractivity contribution in [3.8, 4) is 16.9 Å². The summed E-state index contributed by atoms with van der Waals surface area (Å²) in [6.45, 7) is 0.665. The van der Waals surface area contributed by atoms with Gasteiger partial charge in [-0.05, 0) is 42.2 Å². The number of fused-ring (bicyclic) bond motifs is 2. The molecule has 1 N–H and O–H groups in total. The van der Waals surface area contributed by atoms with E-state index in [4.69, 9.17) is 4.74 Å². The van der Waals surface area contributed by atoms with Crippen LogP contribution in [0.15, 0.2) is 42.9 Å². The van der Waals surface area contributed by atoms with Crippen molar-refractivity contribution in [2.45, 2.75) is 19.3 Å². The molecule has 0 saturated heterocycles. The Labute approximate surface area is 201 Å². The molecule has 5 rings (SSSR count). The lowest BCUT2D eigenvalue weighted by Crippen LogP contribution is -2.25. The lowest BCUT2D eigenvalue weighted by molar-refractivity contribution is 0.0829. The van der Waals surface area contributed by atoms with Crippen LogP contribution >= 0.6 is 0 Å². The molecule has 2 aromatic carbocycles. The molecule has 0 saturated carbocycles. The number of nitrogens with zero attached hydrogens (tertiary/aromatic N) is 4. The van der Waals surface area contributed by atoms with Crippen molar-refractivity contribution < 1.29 is 18.3 Å². The Kier molecular flexibility index (Phi) is 5.70. The zero-order valence-corrected chi connectivity index (χ0v) is 20.1. The number of nitrogens with one attached hydrogen (secondary N) is 1. The van der Waals surface area contributed by atoms with Gasteiger partial charge in [0.05, 0.1) is 24.4 Å². The third kappa shape index (κ3) is 3.90. The van der Waals surface area contributed by atoms with Crippen LogP contribution in [0.25, 0.3) is 22.0 Å². The maximum Gasteiger partial charge on any atom is 0.264 e. The fraction of sp³-hybridized carbons (Fsp3) is 0.308. The summed E-state index contributed by atoms with van der Waals surface area (Å²) in [6, 6.07) is 7.28. The minimum Gasteiger partial charge on any atom is -0.494 e. The quantitative estimate of drug-likeness (QED) is 0.422. The summed E-state index contributed by atoms with van der Waals surface area (Å²) in [4.78, 5) is 19.5. The molecule has 0 aliphatic carbocycles. The van der Waals surface area contributed by atoms with Gasteiger partial charge in [-0.2, -0.15) is 5.10 Å². The molecule has 2 aromatic heterocycles. The molecule has 4 aromatic rings.